The van der Waals surface area contributed by atoms with E-state index in [1.54, 1.807) is 0 Å². The number of halogens is 2. The topological polar surface area (TPSA) is 70.3 Å². The number of benzene rings is 2. The lowest BCUT2D eigenvalue weighted by atomic mass is 10.2. The fourth-order valence-electron chi connectivity index (χ4n) is 2.60. The lowest BCUT2D eigenvalue weighted by Crippen LogP contribution is -2.41. The highest BCUT2D eigenvalue weighted by molar-refractivity contribution is 6.31. The van der Waals surface area contributed by atoms with E-state index in [4.69, 9.17) is 16.3 Å². The molecule has 28 heavy (non-hydrogen) atoms. The van der Waals surface area contributed by atoms with Crippen LogP contribution in [0.2, 0.25) is 5.02 Å². The van der Waals surface area contributed by atoms with Crippen LogP contribution in [0.3, 0.4) is 0 Å². The van der Waals surface area contributed by atoms with E-state index in [9.17, 15) is 18.8 Å². The maximum atomic E-state index is 13.7. The third kappa shape index (κ3) is 4.55. The molecular weight excluding hydrogens is 387 g/mol. The SMILES string of the molecule is O=C(Cn1c(=O)ccn(Cc2ccccc2)c1=O)OCc1c(F)cccc1Cl. The molecule has 1 heterocycles. The Morgan fingerprint density at radius 2 is 1.79 bits per heavy atom. The number of carbonyl (C=O) groups excluding carboxylic acids is 1. The van der Waals surface area contributed by atoms with Crippen molar-refractivity contribution in [1.82, 2.24) is 9.13 Å². The molecule has 0 aliphatic heterocycles. The predicted molar refractivity (Wildman–Crippen MR) is 102 cm³/mol. The molecule has 0 amide bonds. The molecule has 0 atom stereocenters. The smallest absolute Gasteiger partial charge is 0.331 e. The number of rotatable bonds is 6. The first-order chi connectivity index (χ1) is 13.5. The van der Waals surface area contributed by atoms with Gasteiger partial charge in [0.25, 0.3) is 5.56 Å². The van der Waals surface area contributed by atoms with Crippen molar-refractivity contribution in [2.45, 2.75) is 19.7 Å². The second-order valence-corrected chi connectivity index (χ2v) is 6.40. The Labute approximate surface area is 164 Å². The first kappa shape index (κ1) is 19.6. The molecule has 3 rings (SSSR count). The van der Waals surface area contributed by atoms with Crippen molar-refractivity contribution in [3.05, 3.63) is 104 Å². The van der Waals surface area contributed by atoms with Crippen LogP contribution in [-0.4, -0.2) is 15.1 Å². The number of carbonyl (C=O) groups is 1. The van der Waals surface area contributed by atoms with Gasteiger partial charge in [0.05, 0.1) is 11.6 Å². The molecule has 2 aromatic carbocycles. The summed E-state index contributed by atoms with van der Waals surface area (Å²) in [5, 5.41) is 0.120. The average molecular weight is 403 g/mol. The molecule has 8 heteroatoms. The van der Waals surface area contributed by atoms with Gasteiger partial charge in [0.15, 0.2) is 0 Å². The van der Waals surface area contributed by atoms with Gasteiger partial charge in [0.2, 0.25) is 0 Å². The normalized spacial score (nSPS) is 10.6. The van der Waals surface area contributed by atoms with Crippen LogP contribution in [0.15, 0.2) is 70.4 Å². The first-order valence-corrected chi connectivity index (χ1v) is 8.76. The highest BCUT2D eigenvalue weighted by atomic mass is 35.5. The molecular formula is C20H16ClFN2O4. The first-order valence-electron chi connectivity index (χ1n) is 8.38. The van der Waals surface area contributed by atoms with E-state index < -0.39 is 36.2 Å². The number of hydrogen-bond donors (Lipinski definition) is 0. The van der Waals surface area contributed by atoms with Gasteiger partial charge in [0.1, 0.15) is 19.0 Å². The highest BCUT2D eigenvalue weighted by Gasteiger charge is 2.14. The third-order valence-electron chi connectivity index (χ3n) is 4.06. The quantitative estimate of drug-likeness (QED) is 0.594. The van der Waals surface area contributed by atoms with Crippen LogP contribution in [0.4, 0.5) is 4.39 Å². The zero-order valence-corrected chi connectivity index (χ0v) is 15.4. The minimum absolute atomic E-state index is 0.0272. The van der Waals surface area contributed by atoms with Crippen LogP contribution in [0, 0.1) is 5.82 Å². The molecule has 0 aliphatic rings. The summed E-state index contributed by atoms with van der Waals surface area (Å²) in [7, 11) is 0. The average Bonchev–Trinajstić information content (AvgIpc) is 2.68. The lowest BCUT2D eigenvalue weighted by molar-refractivity contribution is -0.145. The molecule has 0 bridgehead atoms. The van der Waals surface area contributed by atoms with Crippen LogP contribution in [0.25, 0.3) is 0 Å². The van der Waals surface area contributed by atoms with Crippen molar-refractivity contribution in [2.24, 2.45) is 0 Å². The summed E-state index contributed by atoms with van der Waals surface area (Å²) in [4.78, 5) is 36.7. The fraction of sp³-hybridized carbons (Fsp3) is 0.150. The van der Waals surface area contributed by atoms with Gasteiger partial charge in [-0.05, 0) is 17.7 Å². The summed E-state index contributed by atoms with van der Waals surface area (Å²) in [5.41, 5.74) is -0.376. The Morgan fingerprint density at radius 3 is 2.50 bits per heavy atom. The molecule has 0 aliphatic carbocycles. The van der Waals surface area contributed by atoms with Gasteiger partial charge >= 0.3 is 11.7 Å². The number of ether oxygens (including phenoxy) is 1. The van der Waals surface area contributed by atoms with Gasteiger partial charge in [0, 0.05) is 17.8 Å². The van der Waals surface area contributed by atoms with Crippen molar-refractivity contribution >= 4 is 17.6 Å². The molecule has 0 N–H and O–H groups in total. The van der Waals surface area contributed by atoms with E-state index in [1.807, 2.05) is 30.3 Å². The molecule has 0 saturated carbocycles. The third-order valence-corrected chi connectivity index (χ3v) is 4.42. The van der Waals surface area contributed by atoms with E-state index in [0.29, 0.717) is 0 Å². The van der Waals surface area contributed by atoms with Gasteiger partial charge in [-0.3, -0.25) is 14.2 Å². The van der Waals surface area contributed by atoms with Crippen LogP contribution >= 0.6 is 11.6 Å². The molecule has 0 radical (unpaired) electrons. The summed E-state index contributed by atoms with van der Waals surface area (Å²) in [5.74, 6) is -1.46. The van der Waals surface area contributed by atoms with E-state index >= 15 is 0 Å². The molecule has 0 fully saturated rings. The number of aromatic nitrogens is 2. The molecule has 3 aromatic rings. The largest absolute Gasteiger partial charge is 0.459 e. The Morgan fingerprint density at radius 1 is 1.04 bits per heavy atom. The van der Waals surface area contributed by atoms with Crippen molar-refractivity contribution in [1.29, 1.82) is 0 Å². The Bertz CT molecular complexity index is 1090. The summed E-state index contributed by atoms with van der Waals surface area (Å²) in [6.07, 6.45) is 1.37. The highest BCUT2D eigenvalue weighted by Crippen LogP contribution is 2.19. The Hall–Kier alpha value is -3.19. The van der Waals surface area contributed by atoms with Crippen LogP contribution < -0.4 is 11.2 Å². The monoisotopic (exact) mass is 402 g/mol. The van der Waals surface area contributed by atoms with Gasteiger partial charge in [-0.1, -0.05) is 48.0 Å². The maximum Gasteiger partial charge on any atom is 0.331 e. The molecule has 1 aromatic heterocycles. The maximum absolute atomic E-state index is 13.7. The van der Waals surface area contributed by atoms with Crippen LogP contribution in [0.1, 0.15) is 11.1 Å². The van der Waals surface area contributed by atoms with Crippen molar-refractivity contribution in [3.63, 3.8) is 0 Å². The molecule has 0 saturated heterocycles. The van der Waals surface area contributed by atoms with Gasteiger partial charge < -0.3 is 4.74 Å². The molecule has 0 unspecified atom stereocenters. The van der Waals surface area contributed by atoms with E-state index in [1.165, 1.54) is 35.0 Å². The standard InChI is InChI=1S/C20H16ClFN2O4/c21-16-7-4-8-17(22)15(16)13-28-19(26)12-24-18(25)9-10-23(20(24)27)11-14-5-2-1-3-6-14/h1-10H,11-13H2. The van der Waals surface area contributed by atoms with Gasteiger partial charge in [-0.15, -0.1) is 0 Å². The summed E-state index contributed by atoms with van der Waals surface area (Å²) in [6.45, 7) is -0.733. The fourth-order valence-corrected chi connectivity index (χ4v) is 2.82. The second-order valence-electron chi connectivity index (χ2n) is 6.00. The Balaban J connectivity index is 1.74. The zero-order chi connectivity index (χ0) is 20.1. The van der Waals surface area contributed by atoms with Crippen molar-refractivity contribution < 1.29 is 13.9 Å². The molecule has 144 valence electrons. The second kappa shape index (κ2) is 8.67. The number of hydrogen-bond acceptors (Lipinski definition) is 4. The summed E-state index contributed by atoms with van der Waals surface area (Å²) >= 11 is 5.88. The predicted octanol–water partition coefficient (Wildman–Crippen LogP) is 2.59. The van der Waals surface area contributed by atoms with Crippen LogP contribution in [0.5, 0.6) is 0 Å². The number of nitrogens with zero attached hydrogens (tertiary/aromatic N) is 2. The molecule has 0 spiro atoms. The molecule has 6 nitrogen and oxygen atoms in total. The minimum Gasteiger partial charge on any atom is -0.459 e. The zero-order valence-electron chi connectivity index (χ0n) is 14.7. The van der Waals surface area contributed by atoms with Crippen molar-refractivity contribution in [2.75, 3.05) is 0 Å². The van der Waals surface area contributed by atoms with Gasteiger partial charge in [-0.25, -0.2) is 13.8 Å². The van der Waals surface area contributed by atoms with E-state index in [0.717, 1.165) is 10.1 Å². The van der Waals surface area contributed by atoms with Crippen molar-refractivity contribution in [3.8, 4) is 0 Å². The van der Waals surface area contributed by atoms with Crippen LogP contribution in [-0.2, 0) is 29.2 Å². The number of esters is 1. The van der Waals surface area contributed by atoms with E-state index in [-0.39, 0.29) is 17.1 Å². The van der Waals surface area contributed by atoms with E-state index in [2.05, 4.69) is 0 Å². The Kier molecular flexibility index (Phi) is 6.06. The minimum atomic E-state index is -0.851. The van der Waals surface area contributed by atoms with Gasteiger partial charge in [-0.2, -0.15) is 0 Å². The summed E-state index contributed by atoms with van der Waals surface area (Å²) < 4.78 is 20.8. The summed E-state index contributed by atoms with van der Waals surface area (Å²) in [6, 6.07) is 14.5. The lowest BCUT2D eigenvalue weighted by Gasteiger charge is -2.11.